The van der Waals surface area contributed by atoms with Crippen LogP contribution >= 0.6 is 0 Å². The number of aliphatic hydroxyl groups is 2. The Morgan fingerprint density at radius 1 is 0.938 bits per heavy atom. The lowest BCUT2D eigenvalue weighted by Gasteiger charge is -2.23. The van der Waals surface area contributed by atoms with E-state index in [2.05, 4.69) is 31.2 Å². The van der Waals surface area contributed by atoms with E-state index in [1.165, 1.54) is 0 Å². The zero-order valence-corrected chi connectivity index (χ0v) is 18.4. The van der Waals surface area contributed by atoms with Crippen LogP contribution in [0.5, 0.6) is 0 Å². The largest absolute Gasteiger partial charge is 0.396 e. The summed E-state index contributed by atoms with van der Waals surface area (Å²) in [5.74, 6) is 0.873. The first kappa shape index (κ1) is 22.2. The highest BCUT2D eigenvalue weighted by Gasteiger charge is 2.20. The second-order valence-corrected chi connectivity index (χ2v) is 8.09. The Bertz CT molecular complexity index is 1140. The van der Waals surface area contributed by atoms with Gasteiger partial charge in [-0.25, -0.2) is 4.98 Å². The van der Waals surface area contributed by atoms with Crippen molar-refractivity contribution in [2.45, 2.75) is 38.5 Å². The van der Waals surface area contributed by atoms with Gasteiger partial charge in [-0.2, -0.15) is 0 Å². The van der Waals surface area contributed by atoms with Gasteiger partial charge < -0.3 is 19.5 Å². The van der Waals surface area contributed by atoms with Gasteiger partial charge >= 0.3 is 0 Å². The average Bonchev–Trinajstić information content (AvgIpc) is 3.17. The van der Waals surface area contributed by atoms with E-state index in [1.54, 1.807) is 0 Å². The number of ether oxygens (including phenoxy) is 1. The van der Waals surface area contributed by atoms with E-state index in [9.17, 15) is 10.2 Å². The van der Waals surface area contributed by atoms with Crippen molar-refractivity contribution in [2.75, 3.05) is 13.2 Å². The maximum atomic E-state index is 10.9. The van der Waals surface area contributed by atoms with Crippen molar-refractivity contribution in [2.24, 2.45) is 0 Å². The lowest BCUT2D eigenvalue weighted by molar-refractivity contribution is -0.000648. The fourth-order valence-corrected chi connectivity index (χ4v) is 4.10. The highest BCUT2D eigenvalue weighted by Crippen LogP contribution is 2.28. The number of aromatic nitrogens is 2. The van der Waals surface area contributed by atoms with Crippen molar-refractivity contribution < 1.29 is 14.9 Å². The summed E-state index contributed by atoms with van der Waals surface area (Å²) in [5, 5.41) is 20.2. The Balaban J connectivity index is 1.53. The molecule has 166 valence electrons. The van der Waals surface area contributed by atoms with Crippen molar-refractivity contribution in [3.63, 3.8) is 0 Å². The molecule has 0 aliphatic rings. The zero-order valence-electron chi connectivity index (χ0n) is 18.4. The number of hydrogen-bond donors (Lipinski definition) is 2. The van der Waals surface area contributed by atoms with Gasteiger partial charge in [0.05, 0.1) is 30.3 Å². The quantitative estimate of drug-likeness (QED) is 0.390. The maximum Gasteiger partial charge on any atom is 0.110 e. The summed E-state index contributed by atoms with van der Waals surface area (Å²) in [5.41, 5.74) is 5.20. The van der Waals surface area contributed by atoms with Crippen LogP contribution in [0.4, 0.5) is 0 Å². The number of aryl methyl sites for hydroxylation is 2. The maximum absolute atomic E-state index is 10.9. The molecule has 1 aromatic heterocycles. The van der Waals surface area contributed by atoms with E-state index >= 15 is 0 Å². The molecule has 0 spiro atoms. The van der Waals surface area contributed by atoms with Crippen LogP contribution in [-0.4, -0.2) is 39.1 Å². The molecule has 32 heavy (non-hydrogen) atoms. The predicted molar refractivity (Wildman–Crippen MR) is 127 cm³/mol. The number of benzene rings is 3. The molecule has 3 aromatic carbocycles. The van der Waals surface area contributed by atoms with Crippen molar-refractivity contribution in [1.29, 1.82) is 0 Å². The van der Waals surface area contributed by atoms with E-state index in [0.717, 1.165) is 33.5 Å². The molecule has 0 radical (unpaired) electrons. The van der Waals surface area contributed by atoms with Gasteiger partial charge in [-0.15, -0.1) is 0 Å². The van der Waals surface area contributed by atoms with Crippen LogP contribution in [0.2, 0.25) is 0 Å². The normalized spacial score (nSPS) is 13.3. The molecule has 4 rings (SSSR count). The summed E-state index contributed by atoms with van der Waals surface area (Å²) in [7, 11) is 0. The summed E-state index contributed by atoms with van der Waals surface area (Å²) in [4.78, 5) is 4.71. The first-order chi connectivity index (χ1) is 15.7. The van der Waals surface area contributed by atoms with Crippen LogP contribution in [0.15, 0.2) is 78.9 Å². The van der Waals surface area contributed by atoms with Crippen LogP contribution in [0.1, 0.15) is 35.0 Å². The first-order valence-electron chi connectivity index (χ1n) is 11.1. The Hall–Kier alpha value is -2.99. The molecule has 0 aliphatic carbocycles. The minimum absolute atomic E-state index is 0.115. The molecule has 0 saturated heterocycles. The average molecular weight is 431 g/mol. The number of rotatable bonds is 10. The molecule has 4 aromatic rings. The molecular formula is C27H30N2O3. The summed E-state index contributed by atoms with van der Waals surface area (Å²) >= 11 is 0. The summed E-state index contributed by atoms with van der Waals surface area (Å²) < 4.78 is 8.36. The lowest BCUT2D eigenvalue weighted by atomic mass is 9.97. The van der Waals surface area contributed by atoms with Crippen LogP contribution in [0.3, 0.4) is 0 Å². The summed E-state index contributed by atoms with van der Waals surface area (Å²) in [6.45, 7) is 2.77. The number of nitrogens with zero attached hydrogens (tertiary/aromatic N) is 2. The lowest BCUT2D eigenvalue weighted by Crippen LogP contribution is -2.25. The molecule has 0 aliphatic heterocycles. The third-order valence-electron chi connectivity index (χ3n) is 5.71. The van der Waals surface area contributed by atoms with Gasteiger partial charge in [0.25, 0.3) is 0 Å². The molecule has 2 atom stereocenters. The van der Waals surface area contributed by atoms with E-state index in [0.29, 0.717) is 19.4 Å². The minimum atomic E-state index is -0.698. The second kappa shape index (κ2) is 10.6. The molecule has 5 nitrogen and oxygen atoms in total. The van der Waals surface area contributed by atoms with Gasteiger partial charge in [-0.1, -0.05) is 66.7 Å². The molecule has 0 saturated carbocycles. The van der Waals surface area contributed by atoms with Gasteiger partial charge in [-0.3, -0.25) is 0 Å². The van der Waals surface area contributed by atoms with E-state index in [4.69, 9.17) is 9.72 Å². The van der Waals surface area contributed by atoms with Crippen molar-refractivity contribution in [3.8, 4) is 0 Å². The minimum Gasteiger partial charge on any atom is -0.396 e. The molecule has 2 unspecified atom stereocenters. The van der Waals surface area contributed by atoms with Gasteiger partial charge in [-0.05, 0) is 42.2 Å². The van der Waals surface area contributed by atoms with E-state index in [-0.39, 0.29) is 19.3 Å². The third-order valence-corrected chi connectivity index (χ3v) is 5.71. The SMILES string of the molecule is Cc1ccccc1C(OCC(O)Cn1c(CCCO)nc2ccccc21)c1ccccc1. The smallest absolute Gasteiger partial charge is 0.110 e. The predicted octanol–water partition coefficient (Wildman–Crippen LogP) is 4.44. The summed E-state index contributed by atoms with van der Waals surface area (Å²) in [6.07, 6.45) is 0.351. The van der Waals surface area contributed by atoms with E-state index < -0.39 is 6.10 Å². The second-order valence-electron chi connectivity index (χ2n) is 8.09. The Labute approximate surface area is 188 Å². The number of imidazole rings is 1. The van der Waals surface area contributed by atoms with Gasteiger partial charge in [0.2, 0.25) is 0 Å². The fraction of sp³-hybridized carbons (Fsp3) is 0.296. The molecule has 0 amide bonds. The van der Waals surface area contributed by atoms with Crippen molar-refractivity contribution in [1.82, 2.24) is 9.55 Å². The Morgan fingerprint density at radius 2 is 1.66 bits per heavy atom. The molecule has 0 fully saturated rings. The molecular weight excluding hydrogens is 400 g/mol. The van der Waals surface area contributed by atoms with Crippen molar-refractivity contribution in [3.05, 3.63) is 101 Å². The van der Waals surface area contributed by atoms with Crippen LogP contribution < -0.4 is 0 Å². The standard InChI is InChI=1S/C27H30N2O3/c1-20-10-5-6-13-23(20)27(21-11-3-2-4-12-21)32-19-22(31)18-29-25-15-8-7-14-24(25)28-26(29)16-9-17-30/h2-8,10-15,22,27,30-31H,9,16-19H2,1H3. The third kappa shape index (κ3) is 5.07. The van der Waals surface area contributed by atoms with Crippen LogP contribution in [0, 0.1) is 6.92 Å². The zero-order chi connectivity index (χ0) is 22.3. The highest BCUT2D eigenvalue weighted by molar-refractivity contribution is 5.75. The number of fused-ring (bicyclic) bond motifs is 1. The van der Waals surface area contributed by atoms with Gasteiger partial charge in [0, 0.05) is 13.0 Å². The Morgan fingerprint density at radius 3 is 2.44 bits per heavy atom. The summed E-state index contributed by atoms with van der Waals surface area (Å²) in [6, 6.07) is 26.2. The van der Waals surface area contributed by atoms with Crippen LogP contribution in [-0.2, 0) is 17.7 Å². The Kier molecular flexibility index (Phi) is 7.32. The molecule has 0 bridgehead atoms. The molecule has 1 heterocycles. The van der Waals surface area contributed by atoms with Crippen LogP contribution in [0.25, 0.3) is 11.0 Å². The molecule has 2 N–H and O–H groups in total. The fourth-order valence-electron chi connectivity index (χ4n) is 4.10. The van der Waals surface area contributed by atoms with Crippen molar-refractivity contribution >= 4 is 11.0 Å². The first-order valence-corrected chi connectivity index (χ1v) is 11.1. The number of hydrogen-bond acceptors (Lipinski definition) is 4. The monoisotopic (exact) mass is 430 g/mol. The van der Waals surface area contributed by atoms with Gasteiger partial charge in [0.1, 0.15) is 11.9 Å². The molecule has 5 heteroatoms. The highest BCUT2D eigenvalue weighted by atomic mass is 16.5. The topological polar surface area (TPSA) is 67.5 Å². The van der Waals surface area contributed by atoms with Gasteiger partial charge in [0.15, 0.2) is 0 Å². The van der Waals surface area contributed by atoms with E-state index in [1.807, 2.05) is 59.2 Å². The number of para-hydroxylation sites is 2. The number of aliphatic hydroxyl groups excluding tert-OH is 2.